The summed E-state index contributed by atoms with van der Waals surface area (Å²) in [5.74, 6) is -2.59. The maximum atomic E-state index is 11.5. The van der Waals surface area contributed by atoms with Crippen molar-refractivity contribution in [3.8, 4) is 0 Å². The van der Waals surface area contributed by atoms with Crippen LogP contribution in [0, 0.1) is 0 Å². The van der Waals surface area contributed by atoms with E-state index in [2.05, 4.69) is 15.3 Å². The van der Waals surface area contributed by atoms with Crippen LogP contribution in [0.4, 0.5) is 0 Å². The van der Waals surface area contributed by atoms with Gasteiger partial charge in [0.1, 0.15) is 30.9 Å². The van der Waals surface area contributed by atoms with Crippen molar-refractivity contribution in [1.29, 1.82) is 0 Å². The third-order valence-electron chi connectivity index (χ3n) is 3.26. The van der Waals surface area contributed by atoms with Gasteiger partial charge < -0.3 is 24.3 Å². The molecule has 1 amide bonds. The van der Waals surface area contributed by atoms with Gasteiger partial charge in [-0.3, -0.25) is 19.2 Å². The number of azide groups is 1. The minimum Gasteiger partial charge on any atom is -0.463 e. The average Bonchev–Trinajstić information content (AvgIpc) is 2.50. The van der Waals surface area contributed by atoms with E-state index >= 15 is 0 Å². The summed E-state index contributed by atoms with van der Waals surface area (Å²) in [5.41, 5.74) is 8.83. The molecule has 1 aliphatic heterocycles. The first-order valence-electron chi connectivity index (χ1n) is 7.60. The SMILES string of the molecule is CC(=O)N[C@@H]1[C@@H](OC(C)=O)O[C@H](COC(C)=O)[C@@H](N=[N+]=[N-])[C@@H]1OC(C)=O. The minimum atomic E-state index is -1.36. The van der Waals surface area contributed by atoms with Crippen LogP contribution in [0.2, 0.25) is 0 Å². The van der Waals surface area contributed by atoms with Crippen LogP contribution < -0.4 is 5.32 Å². The van der Waals surface area contributed by atoms with E-state index in [4.69, 9.17) is 24.5 Å². The molecule has 0 aromatic rings. The Morgan fingerprint density at radius 3 is 2.15 bits per heavy atom. The number of carbonyl (C=O) groups excluding carboxylic acids is 4. The Bertz CT molecular complexity index is 618. The molecule has 1 heterocycles. The van der Waals surface area contributed by atoms with Crippen LogP contribution in [0.25, 0.3) is 10.4 Å². The topological polar surface area (TPSA) is 166 Å². The second-order valence-electron chi connectivity index (χ2n) is 5.45. The number of nitrogens with one attached hydrogen (secondary N) is 1. The predicted molar refractivity (Wildman–Crippen MR) is 83.2 cm³/mol. The molecule has 0 bridgehead atoms. The Morgan fingerprint density at radius 2 is 1.69 bits per heavy atom. The van der Waals surface area contributed by atoms with Crippen molar-refractivity contribution in [3.63, 3.8) is 0 Å². The Kier molecular flexibility index (Phi) is 7.81. The van der Waals surface area contributed by atoms with E-state index in [9.17, 15) is 19.2 Å². The van der Waals surface area contributed by atoms with E-state index in [-0.39, 0.29) is 6.61 Å². The van der Waals surface area contributed by atoms with Gasteiger partial charge in [0.25, 0.3) is 0 Å². The summed E-state index contributed by atoms with van der Waals surface area (Å²) < 4.78 is 20.6. The molecular weight excluding hydrogens is 352 g/mol. The number of hydrogen-bond acceptors (Lipinski definition) is 9. The van der Waals surface area contributed by atoms with Crippen LogP contribution in [-0.4, -0.2) is 61.0 Å². The van der Waals surface area contributed by atoms with Gasteiger partial charge in [-0.1, -0.05) is 5.11 Å². The highest BCUT2D eigenvalue weighted by atomic mass is 16.7. The molecule has 12 heteroatoms. The van der Waals surface area contributed by atoms with Gasteiger partial charge in [0, 0.05) is 32.6 Å². The highest BCUT2D eigenvalue weighted by molar-refractivity contribution is 5.74. The average molecular weight is 372 g/mol. The van der Waals surface area contributed by atoms with Gasteiger partial charge in [-0.2, -0.15) is 0 Å². The van der Waals surface area contributed by atoms with Crippen LogP contribution in [-0.2, 0) is 38.1 Å². The van der Waals surface area contributed by atoms with Crippen LogP contribution >= 0.6 is 0 Å². The number of ether oxygens (including phenoxy) is 4. The smallest absolute Gasteiger partial charge is 0.305 e. The molecule has 1 aliphatic rings. The van der Waals surface area contributed by atoms with E-state index in [0.29, 0.717) is 0 Å². The second-order valence-corrected chi connectivity index (χ2v) is 5.45. The van der Waals surface area contributed by atoms with Crippen LogP contribution in [0.1, 0.15) is 27.7 Å². The summed E-state index contributed by atoms with van der Waals surface area (Å²) in [5, 5.41) is 6.00. The Hall–Kier alpha value is -2.85. The lowest BCUT2D eigenvalue weighted by Crippen LogP contribution is -2.65. The van der Waals surface area contributed by atoms with Crippen molar-refractivity contribution in [1.82, 2.24) is 5.32 Å². The number of carbonyl (C=O) groups is 4. The maximum Gasteiger partial charge on any atom is 0.305 e. The number of hydrogen-bond donors (Lipinski definition) is 1. The van der Waals surface area contributed by atoms with E-state index in [1.54, 1.807) is 0 Å². The summed E-state index contributed by atoms with van der Waals surface area (Å²) in [6.07, 6.45) is -3.65. The number of amides is 1. The Morgan fingerprint density at radius 1 is 1.08 bits per heavy atom. The van der Waals surface area contributed by atoms with Crippen molar-refractivity contribution < 1.29 is 38.1 Å². The second kappa shape index (κ2) is 9.59. The molecule has 1 rings (SSSR count). The molecule has 26 heavy (non-hydrogen) atoms. The number of esters is 3. The van der Waals surface area contributed by atoms with Crippen LogP contribution in [0.5, 0.6) is 0 Å². The summed E-state index contributed by atoms with van der Waals surface area (Å²) in [6, 6.07) is -2.28. The van der Waals surface area contributed by atoms with Crippen molar-refractivity contribution in [2.45, 2.75) is 58.3 Å². The largest absolute Gasteiger partial charge is 0.463 e. The number of nitrogens with zero attached hydrogens (tertiary/aromatic N) is 3. The maximum absolute atomic E-state index is 11.5. The summed E-state index contributed by atoms with van der Waals surface area (Å²) in [4.78, 5) is 48.1. The highest BCUT2D eigenvalue weighted by Crippen LogP contribution is 2.28. The van der Waals surface area contributed by atoms with Crippen molar-refractivity contribution in [3.05, 3.63) is 10.4 Å². The standard InChI is InChI=1S/C14H20N4O8/c1-6(19)16-12-13(24-8(3)21)11(17-18-15)10(5-23-7(2)20)26-14(12)25-9(4)22/h10-14H,5H2,1-4H3,(H,16,19)/t10-,11-,12+,13+,14+/m1/s1. The Balaban J connectivity index is 3.27. The van der Waals surface area contributed by atoms with Gasteiger partial charge in [-0.05, 0) is 5.53 Å². The van der Waals surface area contributed by atoms with Crippen LogP contribution in [0.3, 0.4) is 0 Å². The fraction of sp³-hybridized carbons (Fsp3) is 0.714. The fourth-order valence-corrected chi connectivity index (χ4v) is 2.44. The van der Waals surface area contributed by atoms with E-state index in [1.807, 2.05) is 0 Å². The van der Waals surface area contributed by atoms with Gasteiger partial charge in [-0.15, -0.1) is 0 Å². The Labute approximate surface area is 148 Å². The fourth-order valence-electron chi connectivity index (χ4n) is 2.44. The summed E-state index contributed by atoms with van der Waals surface area (Å²) >= 11 is 0. The van der Waals surface area contributed by atoms with Gasteiger partial charge in [-0.25, -0.2) is 0 Å². The molecule has 0 aromatic carbocycles. The molecule has 0 aliphatic carbocycles. The van der Waals surface area contributed by atoms with Gasteiger partial charge in [0.15, 0.2) is 0 Å². The van der Waals surface area contributed by atoms with Gasteiger partial charge >= 0.3 is 17.9 Å². The zero-order valence-corrected chi connectivity index (χ0v) is 14.7. The molecular formula is C14H20N4O8. The first kappa shape index (κ1) is 21.2. The third kappa shape index (κ3) is 6.22. The molecule has 1 N–H and O–H groups in total. The lowest BCUT2D eigenvalue weighted by atomic mass is 9.94. The summed E-state index contributed by atoms with van der Waals surface area (Å²) in [7, 11) is 0. The predicted octanol–water partition coefficient (Wildman–Crippen LogP) is -0.0472. The quantitative estimate of drug-likeness (QED) is 0.223. The van der Waals surface area contributed by atoms with E-state index < -0.39 is 54.4 Å². The molecule has 5 atom stereocenters. The first-order chi connectivity index (χ1) is 12.1. The van der Waals surface area contributed by atoms with Crippen molar-refractivity contribution >= 4 is 23.8 Å². The highest BCUT2D eigenvalue weighted by Gasteiger charge is 2.50. The molecule has 12 nitrogen and oxygen atoms in total. The zero-order valence-electron chi connectivity index (χ0n) is 14.7. The molecule has 0 aromatic heterocycles. The van der Waals surface area contributed by atoms with Gasteiger partial charge in [0.2, 0.25) is 12.2 Å². The molecule has 0 radical (unpaired) electrons. The molecule has 144 valence electrons. The molecule has 0 saturated carbocycles. The van der Waals surface area contributed by atoms with E-state index in [0.717, 1.165) is 13.8 Å². The molecule has 0 unspecified atom stereocenters. The minimum absolute atomic E-state index is 0.346. The number of rotatable bonds is 6. The first-order valence-corrected chi connectivity index (χ1v) is 7.60. The monoisotopic (exact) mass is 372 g/mol. The lowest BCUT2D eigenvalue weighted by Gasteiger charge is -2.43. The van der Waals surface area contributed by atoms with Crippen LogP contribution in [0.15, 0.2) is 5.11 Å². The van der Waals surface area contributed by atoms with E-state index in [1.165, 1.54) is 13.8 Å². The molecule has 0 spiro atoms. The van der Waals surface area contributed by atoms with Crippen molar-refractivity contribution in [2.24, 2.45) is 5.11 Å². The molecule has 1 saturated heterocycles. The van der Waals surface area contributed by atoms with Crippen molar-refractivity contribution in [2.75, 3.05) is 6.61 Å². The zero-order chi connectivity index (χ0) is 19.9. The summed E-state index contributed by atoms with van der Waals surface area (Å²) in [6.45, 7) is 4.26. The normalized spacial score (nSPS) is 27.5. The lowest BCUT2D eigenvalue weighted by molar-refractivity contribution is -0.242. The molecule has 1 fully saturated rings. The van der Waals surface area contributed by atoms with Gasteiger partial charge in [0.05, 0.1) is 0 Å². The third-order valence-corrected chi connectivity index (χ3v) is 3.26.